The summed E-state index contributed by atoms with van der Waals surface area (Å²) in [6.45, 7) is 3.82. The highest BCUT2D eigenvalue weighted by Gasteiger charge is 2.43. The highest BCUT2D eigenvalue weighted by Crippen LogP contribution is 2.39. The fourth-order valence-electron chi connectivity index (χ4n) is 6.86. The Labute approximate surface area is 267 Å². The molecule has 3 aliphatic heterocycles. The Bertz CT molecular complexity index is 1800. The summed E-state index contributed by atoms with van der Waals surface area (Å²) in [6, 6.07) is 8.28. The Hall–Kier alpha value is -3.87. The molecule has 1 N–H and O–H groups in total. The van der Waals surface area contributed by atoms with Crippen LogP contribution in [0.1, 0.15) is 46.2 Å². The van der Waals surface area contributed by atoms with Gasteiger partial charge in [0.1, 0.15) is 12.0 Å². The molecule has 2 fully saturated rings. The van der Waals surface area contributed by atoms with Gasteiger partial charge in [0.15, 0.2) is 11.2 Å². The average molecular weight is 650 g/mol. The molecule has 2 aromatic heterocycles. The predicted molar refractivity (Wildman–Crippen MR) is 168 cm³/mol. The number of halogens is 3. The van der Waals surface area contributed by atoms with E-state index >= 15 is 4.39 Å². The van der Waals surface area contributed by atoms with Gasteiger partial charge >= 0.3 is 0 Å². The first kappa shape index (κ1) is 28.6. The quantitative estimate of drug-likeness (QED) is 0.292. The van der Waals surface area contributed by atoms with Gasteiger partial charge in [-0.25, -0.2) is 18.7 Å². The number of anilines is 2. The largest absolute Gasteiger partial charge is 0.368 e. The molecule has 2 atom stereocenters. The molecular formula is C32H30ClF2N7O2S. The van der Waals surface area contributed by atoms with Crippen molar-refractivity contribution in [1.29, 1.82) is 0 Å². The minimum absolute atomic E-state index is 0.0802. The zero-order valence-electron chi connectivity index (χ0n) is 24.3. The summed E-state index contributed by atoms with van der Waals surface area (Å²) in [7, 11) is 0. The van der Waals surface area contributed by atoms with E-state index in [1.807, 2.05) is 18.2 Å². The summed E-state index contributed by atoms with van der Waals surface area (Å²) in [6.07, 6.45) is 4.59. The lowest BCUT2D eigenvalue weighted by molar-refractivity contribution is -0.121. The molecule has 0 spiro atoms. The van der Waals surface area contributed by atoms with Crippen molar-refractivity contribution >= 4 is 45.6 Å². The maximum absolute atomic E-state index is 15.7. The van der Waals surface area contributed by atoms with Gasteiger partial charge in [-0.1, -0.05) is 17.7 Å². The van der Waals surface area contributed by atoms with Crippen LogP contribution in [0.15, 0.2) is 48.2 Å². The molecule has 1 saturated heterocycles. The number of fused-ring (bicyclic) bond motifs is 2. The molecule has 232 valence electrons. The van der Waals surface area contributed by atoms with Crippen molar-refractivity contribution in [1.82, 2.24) is 24.3 Å². The average Bonchev–Trinajstić information content (AvgIpc) is 3.26. The van der Waals surface area contributed by atoms with Crippen LogP contribution in [0.2, 0.25) is 5.02 Å². The number of imidazole rings is 1. The fourth-order valence-corrected chi connectivity index (χ4v) is 7.69. The number of hydrogen-bond acceptors (Lipinski definition) is 7. The van der Waals surface area contributed by atoms with Crippen molar-refractivity contribution in [3.05, 3.63) is 81.6 Å². The molecule has 13 heteroatoms. The first-order valence-electron chi connectivity index (χ1n) is 15.1. The Morgan fingerprint density at radius 3 is 2.64 bits per heavy atom. The van der Waals surface area contributed by atoms with Crippen LogP contribution in [0.25, 0.3) is 11.1 Å². The fraction of sp³-hybridized carbons (Fsp3) is 0.375. The third-order valence-electron chi connectivity index (χ3n) is 9.28. The molecular weight excluding hydrogens is 620 g/mol. The molecule has 4 aliphatic rings. The zero-order chi connectivity index (χ0) is 30.8. The normalized spacial score (nSPS) is 20.4. The summed E-state index contributed by atoms with van der Waals surface area (Å²) >= 11 is 8.00. The second kappa shape index (κ2) is 11.2. The van der Waals surface area contributed by atoms with Gasteiger partial charge in [0, 0.05) is 67.0 Å². The van der Waals surface area contributed by atoms with E-state index in [0.29, 0.717) is 27.0 Å². The highest BCUT2D eigenvalue weighted by molar-refractivity contribution is 7.13. The third-order valence-corrected chi connectivity index (χ3v) is 10.3. The number of thiazole rings is 1. The Balaban J connectivity index is 1.08. The number of benzene rings is 2. The number of hydrogen-bond donors (Lipinski definition) is 1. The molecule has 1 aliphatic carbocycles. The molecule has 1 unspecified atom stereocenters. The van der Waals surface area contributed by atoms with Crippen molar-refractivity contribution in [2.75, 3.05) is 36.4 Å². The van der Waals surface area contributed by atoms with E-state index in [2.05, 4.69) is 25.1 Å². The number of carbonyl (C=O) groups excluding carboxylic acids is 2. The topological polar surface area (TPSA) is 86.6 Å². The molecule has 5 heterocycles. The van der Waals surface area contributed by atoms with Crippen LogP contribution >= 0.6 is 22.9 Å². The zero-order valence-corrected chi connectivity index (χ0v) is 25.8. The number of aromatic nitrogens is 3. The van der Waals surface area contributed by atoms with Gasteiger partial charge in [0.25, 0.3) is 11.8 Å². The lowest BCUT2D eigenvalue weighted by Crippen LogP contribution is -2.47. The lowest BCUT2D eigenvalue weighted by Gasteiger charge is -2.36. The highest BCUT2D eigenvalue weighted by atomic mass is 35.5. The van der Waals surface area contributed by atoms with Crippen molar-refractivity contribution in [2.24, 2.45) is 0 Å². The molecule has 45 heavy (non-hydrogen) atoms. The molecule has 9 nitrogen and oxygen atoms in total. The monoisotopic (exact) mass is 649 g/mol. The number of alkyl halides is 1. The van der Waals surface area contributed by atoms with Crippen LogP contribution in [0.5, 0.6) is 0 Å². The Morgan fingerprint density at radius 2 is 1.91 bits per heavy atom. The van der Waals surface area contributed by atoms with Gasteiger partial charge in [-0.15, -0.1) is 11.3 Å². The van der Waals surface area contributed by atoms with Crippen LogP contribution in [0.3, 0.4) is 0 Å². The van der Waals surface area contributed by atoms with E-state index in [1.165, 1.54) is 41.5 Å². The number of piperazine rings is 1. The van der Waals surface area contributed by atoms with Gasteiger partial charge in [0.2, 0.25) is 0 Å². The number of nitrogens with one attached hydrogen (secondary N) is 1. The van der Waals surface area contributed by atoms with Crippen LogP contribution < -0.4 is 10.2 Å². The second-order valence-electron chi connectivity index (χ2n) is 12.1. The van der Waals surface area contributed by atoms with E-state index in [9.17, 15) is 14.0 Å². The van der Waals surface area contributed by atoms with Crippen molar-refractivity contribution in [2.45, 2.75) is 50.6 Å². The number of carbonyl (C=O) groups is 2. The van der Waals surface area contributed by atoms with Crippen LogP contribution in [-0.4, -0.2) is 74.5 Å². The van der Waals surface area contributed by atoms with E-state index in [-0.39, 0.29) is 36.3 Å². The van der Waals surface area contributed by atoms with Crippen molar-refractivity contribution < 1.29 is 18.4 Å². The smallest absolute Gasteiger partial charge is 0.255 e. The molecule has 1 saturated carbocycles. The first-order chi connectivity index (χ1) is 21.8. The number of rotatable bonds is 7. The molecule has 2 amide bonds. The van der Waals surface area contributed by atoms with Crippen LogP contribution in [-0.2, 0) is 24.3 Å². The van der Waals surface area contributed by atoms with Gasteiger partial charge in [-0.05, 0) is 48.2 Å². The second-order valence-corrected chi connectivity index (χ2v) is 13.4. The first-order valence-corrected chi connectivity index (χ1v) is 16.4. The van der Waals surface area contributed by atoms with E-state index in [1.54, 1.807) is 22.2 Å². The maximum Gasteiger partial charge on any atom is 0.255 e. The molecule has 8 rings (SSSR count). The van der Waals surface area contributed by atoms with E-state index in [4.69, 9.17) is 11.6 Å². The Kier molecular flexibility index (Phi) is 7.10. The summed E-state index contributed by atoms with van der Waals surface area (Å²) in [5, 5.41) is 5.39. The number of nitrogens with zero attached hydrogens (tertiary/aromatic N) is 6. The molecule has 4 aromatic rings. The van der Waals surface area contributed by atoms with E-state index < -0.39 is 29.8 Å². The summed E-state index contributed by atoms with van der Waals surface area (Å²) < 4.78 is 31.7. The van der Waals surface area contributed by atoms with Gasteiger partial charge in [-0.2, -0.15) is 0 Å². The van der Waals surface area contributed by atoms with Crippen molar-refractivity contribution in [3.63, 3.8) is 0 Å². The summed E-state index contributed by atoms with van der Waals surface area (Å²) in [5.74, 6) is -1.60. The SMILES string of the molecule is O=C(Nc1nccs1)C(c1ncn2c1C[C@@H](F)C2)N1Cc2c(F)cc(-c3ccc(N4CCN(C5CC5)CC4)c(Cl)c3)cc2C1=O. The molecule has 0 radical (unpaired) electrons. The minimum Gasteiger partial charge on any atom is -0.368 e. The van der Waals surface area contributed by atoms with Crippen molar-refractivity contribution in [3.8, 4) is 11.1 Å². The molecule has 2 aromatic carbocycles. The van der Waals surface area contributed by atoms with Gasteiger partial charge < -0.3 is 14.4 Å². The minimum atomic E-state index is -1.20. The predicted octanol–water partition coefficient (Wildman–Crippen LogP) is 5.31. The maximum atomic E-state index is 15.7. The summed E-state index contributed by atoms with van der Waals surface area (Å²) in [5.41, 5.74) is 3.35. The van der Waals surface area contributed by atoms with Crippen LogP contribution in [0.4, 0.5) is 19.6 Å². The van der Waals surface area contributed by atoms with E-state index in [0.717, 1.165) is 37.9 Å². The van der Waals surface area contributed by atoms with Crippen LogP contribution in [0, 0.1) is 5.82 Å². The van der Waals surface area contributed by atoms with Gasteiger partial charge in [-0.3, -0.25) is 19.8 Å². The molecule has 0 bridgehead atoms. The standard InChI is InChI=1S/C32H30ClF2N7O2S/c33-24-12-18(1-4-26(24)40-8-6-39(7-9-40)21-2-3-21)19-11-22-23(25(35)13-19)16-42(31(22)44)29(30(43)38-32-36-5-10-45-32)28-27-14-20(34)15-41(27)17-37-28/h1,4-5,10-13,17,20-21,29H,2-3,6-9,14-16H2,(H,36,38,43)/t20-,29?/m1/s1. The van der Waals surface area contributed by atoms with Gasteiger partial charge in [0.05, 0.1) is 35.8 Å². The third kappa shape index (κ3) is 5.18. The Morgan fingerprint density at radius 1 is 1.09 bits per heavy atom. The number of amides is 2. The lowest BCUT2D eigenvalue weighted by atomic mass is 9.99. The summed E-state index contributed by atoms with van der Waals surface area (Å²) in [4.78, 5) is 42.4.